The lowest BCUT2D eigenvalue weighted by Crippen LogP contribution is -2.20. The molecule has 0 fully saturated rings. The second kappa shape index (κ2) is 4.39. The van der Waals surface area contributed by atoms with Crippen molar-refractivity contribution in [2.24, 2.45) is 11.5 Å². The smallest absolute Gasteiger partial charge is 0.219 e. The van der Waals surface area contributed by atoms with Gasteiger partial charge in [0.05, 0.1) is 0 Å². The highest BCUT2D eigenvalue weighted by atomic mass is 35.5. The molecule has 1 aromatic carbocycles. The number of hydrogen-bond acceptors (Lipinski definition) is 2. The van der Waals surface area contributed by atoms with Crippen molar-refractivity contribution in [2.75, 3.05) is 0 Å². The summed E-state index contributed by atoms with van der Waals surface area (Å²) in [6.07, 6.45) is -0.0280. The zero-order valence-electron chi connectivity index (χ0n) is 7.34. The molecular formula is C9H10ClFN2O. The fourth-order valence-corrected chi connectivity index (χ4v) is 1.35. The summed E-state index contributed by atoms with van der Waals surface area (Å²) in [7, 11) is 0. The van der Waals surface area contributed by atoms with Crippen LogP contribution in [0.2, 0.25) is 5.02 Å². The molecule has 0 aromatic heterocycles. The van der Waals surface area contributed by atoms with Crippen molar-refractivity contribution in [3.63, 3.8) is 0 Å². The molecule has 1 aromatic rings. The predicted octanol–water partition coefficient (Wildman–Crippen LogP) is 1.35. The topological polar surface area (TPSA) is 69.1 Å². The predicted molar refractivity (Wildman–Crippen MR) is 52.1 cm³/mol. The van der Waals surface area contributed by atoms with E-state index in [0.717, 1.165) is 0 Å². The molecule has 1 atom stereocenters. The van der Waals surface area contributed by atoms with Gasteiger partial charge in [-0.05, 0) is 23.8 Å². The van der Waals surface area contributed by atoms with Gasteiger partial charge in [-0.3, -0.25) is 4.79 Å². The average molecular weight is 217 g/mol. The molecule has 0 unspecified atom stereocenters. The second-order valence-corrected chi connectivity index (χ2v) is 3.42. The van der Waals surface area contributed by atoms with Crippen LogP contribution in [-0.2, 0) is 4.79 Å². The van der Waals surface area contributed by atoms with Crippen LogP contribution in [0.5, 0.6) is 0 Å². The quantitative estimate of drug-likeness (QED) is 0.801. The highest BCUT2D eigenvalue weighted by Gasteiger charge is 2.10. The lowest BCUT2D eigenvalue weighted by atomic mass is 10.0. The van der Waals surface area contributed by atoms with Crippen molar-refractivity contribution in [1.29, 1.82) is 0 Å². The zero-order chi connectivity index (χ0) is 10.7. The maximum absolute atomic E-state index is 12.9. The molecule has 0 saturated carbocycles. The van der Waals surface area contributed by atoms with E-state index in [-0.39, 0.29) is 11.4 Å². The van der Waals surface area contributed by atoms with Crippen LogP contribution >= 0.6 is 11.6 Å². The first kappa shape index (κ1) is 10.9. The van der Waals surface area contributed by atoms with Gasteiger partial charge in [-0.25, -0.2) is 4.39 Å². The van der Waals surface area contributed by atoms with Crippen molar-refractivity contribution < 1.29 is 9.18 Å². The normalized spacial score (nSPS) is 12.5. The van der Waals surface area contributed by atoms with Crippen LogP contribution < -0.4 is 11.5 Å². The van der Waals surface area contributed by atoms with Crippen LogP contribution in [0.1, 0.15) is 18.0 Å². The first-order valence-corrected chi connectivity index (χ1v) is 4.36. The van der Waals surface area contributed by atoms with Crippen LogP contribution in [-0.4, -0.2) is 5.91 Å². The summed E-state index contributed by atoms with van der Waals surface area (Å²) >= 11 is 5.62. The molecule has 0 bridgehead atoms. The van der Waals surface area contributed by atoms with E-state index in [2.05, 4.69) is 0 Å². The van der Waals surface area contributed by atoms with Crippen molar-refractivity contribution in [3.05, 3.63) is 34.6 Å². The highest BCUT2D eigenvalue weighted by Crippen LogP contribution is 2.20. The summed E-state index contributed by atoms with van der Waals surface area (Å²) in [6.45, 7) is 0. The Morgan fingerprint density at radius 2 is 2.14 bits per heavy atom. The summed E-state index contributed by atoms with van der Waals surface area (Å²) in [5, 5.41) is 0.250. The Bertz CT molecular complexity index is 336. The monoisotopic (exact) mass is 216 g/mol. The molecular weight excluding hydrogens is 207 g/mol. The third-order valence-electron chi connectivity index (χ3n) is 1.73. The molecule has 1 rings (SSSR count). The molecule has 14 heavy (non-hydrogen) atoms. The highest BCUT2D eigenvalue weighted by molar-refractivity contribution is 6.30. The number of nitrogens with two attached hydrogens (primary N) is 2. The number of hydrogen-bond donors (Lipinski definition) is 2. The Hall–Kier alpha value is -1.13. The number of benzene rings is 1. The SMILES string of the molecule is NC(=O)C[C@H](N)c1cc(F)cc(Cl)c1. The van der Waals surface area contributed by atoms with Gasteiger partial charge in [-0.15, -0.1) is 0 Å². The van der Waals surface area contributed by atoms with Gasteiger partial charge in [0.25, 0.3) is 0 Å². The molecule has 0 aliphatic rings. The Labute approximate surface area is 85.8 Å². The fraction of sp³-hybridized carbons (Fsp3) is 0.222. The number of primary amides is 1. The fourth-order valence-electron chi connectivity index (χ4n) is 1.12. The first-order valence-electron chi connectivity index (χ1n) is 3.99. The van der Waals surface area contributed by atoms with Crippen molar-refractivity contribution in [1.82, 2.24) is 0 Å². The standard InChI is InChI=1S/C9H10ClFN2O/c10-6-1-5(2-7(11)3-6)8(12)4-9(13)14/h1-3,8H,4,12H2,(H2,13,14)/t8-/m0/s1. The summed E-state index contributed by atoms with van der Waals surface area (Å²) < 4.78 is 12.9. The van der Waals surface area contributed by atoms with Gasteiger partial charge >= 0.3 is 0 Å². The summed E-state index contributed by atoms with van der Waals surface area (Å²) in [6, 6.07) is 3.31. The van der Waals surface area contributed by atoms with Gasteiger partial charge in [-0.2, -0.15) is 0 Å². The molecule has 4 N–H and O–H groups in total. The van der Waals surface area contributed by atoms with Gasteiger partial charge in [0.15, 0.2) is 0 Å². The molecule has 0 aliphatic heterocycles. The lowest BCUT2D eigenvalue weighted by molar-refractivity contribution is -0.118. The third-order valence-corrected chi connectivity index (χ3v) is 1.95. The Balaban J connectivity index is 2.89. The summed E-state index contributed by atoms with van der Waals surface area (Å²) in [5.41, 5.74) is 11.0. The molecule has 0 radical (unpaired) electrons. The minimum atomic E-state index is -0.610. The van der Waals surface area contributed by atoms with E-state index in [1.807, 2.05) is 0 Å². The number of amides is 1. The van der Waals surface area contributed by atoms with Gasteiger partial charge < -0.3 is 11.5 Å². The van der Waals surface area contributed by atoms with Crippen LogP contribution in [0.15, 0.2) is 18.2 Å². The minimum Gasteiger partial charge on any atom is -0.370 e. The third kappa shape index (κ3) is 2.97. The number of rotatable bonds is 3. The van der Waals surface area contributed by atoms with E-state index in [1.54, 1.807) is 0 Å². The summed E-state index contributed by atoms with van der Waals surface area (Å²) in [4.78, 5) is 10.6. The zero-order valence-corrected chi connectivity index (χ0v) is 8.09. The van der Waals surface area contributed by atoms with Crippen LogP contribution in [0, 0.1) is 5.82 Å². The first-order chi connectivity index (χ1) is 6.49. The van der Waals surface area contributed by atoms with E-state index in [4.69, 9.17) is 23.1 Å². The number of carbonyl (C=O) groups excluding carboxylic acids is 1. The number of carbonyl (C=O) groups is 1. The molecule has 3 nitrogen and oxygen atoms in total. The van der Waals surface area contributed by atoms with Crippen LogP contribution in [0.4, 0.5) is 4.39 Å². The largest absolute Gasteiger partial charge is 0.370 e. The van der Waals surface area contributed by atoms with E-state index in [1.165, 1.54) is 18.2 Å². The van der Waals surface area contributed by atoms with E-state index in [9.17, 15) is 9.18 Å². The molecule has 76 valence electrons. The van der Waals surface area contributed by atoms with Gasteiger partial charge in [0, 0.05) is 17.5 Å². The second-order valence-electron chi connectivity index (χ2n) is 2.98. The summed E-state index contributed by atoms with van der Waals surface area (Å²) in [5.74, 6) is -1.01. The maximum atomic E-state index is 12.9. The lowest BCUT2D eigenvalue weighted by Gasteiger charge is -2.10. The molecule has 0 heterocycles. The van der Waals surface area contributed by atoms with E-state index < -0.39 is 17.8 Å². The Kier molecular flexibility index (Phi) is 3.43. The molecule has 1 amide bonds. The van der Waals surface area contributed by atoms with Crippen LogP contribution in [0.3, 0.4) is 0 Å². The molecule has 0 saturated heterocycles. The van der Waals surface area contributed by atoms with Crippen molar-refractivity contribution >= 4 is 17.5 Å². The Morgan fingerprint density at radius 3 is 2.64 bits per heavy atom. The maximum Gasteiger partial charge on any atom is 0.219 e. The average Bonchev–Trinajstić information content (AvgIpc) is 2.00. The van der Waals surface area contributed by atoms with Gasteiger partial charge in [-0.1, -0.05) is 11.6 Å². The van der Waals surface area contributed by atoms with Crippen LogP contribution in [0.25, 0.3) is 0 Å². The van der Waals surface area contributed by atoms with Crippen molar-refractivity contribution in [2.45, 2.75) is 12.5 Å². The Morgan fingerprint density at radius 1 is 1.50 bits per heavy atom. The number of halogens is 2. The van der Waals surface area contributed by atoms with Gasteiger partial charge in [0.2, 0.25) is 5.91 Å². The molecule has 0 aliphatic carbocycles. The van der Waals surface area contributed by atoms with E-state index >= 15 is 0 Å². The minimum absolute atomic E-state index is 0.0280. The van der Waals surface area contributed by atoms with E-state index in [0.29, 0.717) is 5.56 Å². The van der Waals surface area contributed by atoms with Gasteiger partial charge in [0.1, 0.15) is 5.82 Å². The van der Waals surface area contributed by atoms with Crippen molar-refractivity contribution in [3.8, 4) is 0 Å². The molecule has 0 spiro atoms. The molecule has 5 heteroatoms.